The zero-order chi connectivity index (χ0) is 24.9. The summed E-state index contributed by atoms with van der Waals surface area (Å²) in [6.07, 6.45) is 3.51. The van der Waals surface area contributed by atoms with Gasteiger partial charge in [-0.1, -0.05) is 23.8 Å². The number of nitrogens with zero attached hydrogens (tertiary/aromatic N) is 5. The molecule has 2 aliphatic rings. The van der Waals surface area contributed by atoms with Crippen LogP contribution in [0.25, 0.3) is 0 Å². The Morgan fingerprint density at radius 2 is 1.74 bits per heavy atom. The molecule has 0 bridgehead atoms. The van der Waals surface area contributed by atoms with Gasteiger partial charge in [0.25, 0.3) is 0 Å². The third-order valence-corrected chi connectivity index (χ3v) is 6.81. The molecule has 3 heterocycles. The number of aliphatic carboxylic acids is 1. The monoisotopic (exact) mass is 482 g/mol. The second-order valence-electron chi connectivity index (χ2n) is 9.52. The van der Waals surface area contributed by atoms with Crippen LogP contribution in [0.5, 0.6) is 0 Å². The molecule has 35 heavy (non-hydrogen) atoms. The highest BCUT2D eigenvalue weighted by molar-refractivity contribution is 5.88. The van der Waals surface area contributed by atoms with Crippen molar-refractivity contribution in [2.75, 3.05) is 51.1 Å². The first-order valence-corrected chi connectivity index (χ1v) is 12.2. The number of carboxylic acid groups (broad SMARTS) is 1. The molecule has 2 aromatic rings. The van der Waals surface area contributed by atoms with Crippen LogP contribution in [0.1, 0.15) is 42.4 Å². The first-order valence-electron chi connectivity index (χ1n) is 12.2. The summed E-state index contributed by atoms with van der Waals surface area (Å²) < 4.78 is 1.27. The lowest BCUT2D eigenvalue weighted by Gasteiger charge is -2.36. The minimum absolute atomic E-state index is 0.115. The maximum atomic E-state index is 12.8. The van der Waals surface area contributed by atoms with E-state index in [0.29, 0.717) is 24.8 Å². The van der Waals surface area contributed by atoms with Gasteiger partial charge in [-0.05, 0) is 49.9 Å². The van der Waals surface area contributed by atoms with E-state index < -0.39 is 5.97 Å². The fourth-order valence-corrected chi connectivity index (χ4v) is 4.99. The number of carbonyl (C=O) groups is 3. The topological polar surface area (TPSA) is 111 Å². The van der Waals surface area contributed by atoms with Crippen molar-refractivity contribution >= 4 is 23.7 Å². The number of hydrogen-bond acceptors (Lipinski definition) is 6. The number of rotatable bonds is 6. The normalized spacial score (nSPS) is 17.9. The van der Waals surface area contributed by atoms with Gasteiger partial charge in [-0.25, -0.2) is 4.79 Å². The molecule has 0 atom stereocenters. The van der Waals surface area contributed by atoms with E-state index in [1.165, 1.54) is 28.3 Å². The standard InChI is InChI=1S/C25H34N6O4/c1-18-3-4-21(22(15-18)20-5-8-28(9-6-20)17-24(33)34)16-29-11-13-30(14-12-29)25(35)31-10-7-23(27-31)26-19(2)32/h3-4,7,10,15,20H,5-6,8-9,11-14,16-17H2,1-2H3,(H,33,34)(H,26,27,32). The number of hydrogen-bond donors (Lipinski definition) is 2. The molecule has 0 radical (unpaired) electrons. The second kappa shape index (κ2) is 11.0. The van der Waals surface area contributed by atoms with Crippen molar-refractivity contribution in [2.24, 2.45) is 0 Å². The van der Waals surface area contributed by atoms with E-state index in [4.69, 9.17) is 5.11 Å². The molecule has 2 aliphatic heterocycles. The van der Waals surface area contributed by atoms with Gasteiger partial charge < -0.3 is 15.3 Å². The maximum Gasteiger partial charge on any atom is 0.344 e. The molecule has 188 valence electrons. The number of aryl methyl sites for hydroxylation is 1. The van der Waals surface area contributed by atoms with Gasteiger partial charge in [-0.15, -0.1) is 5.10 Å². The number of anilines is 1. The molecule has 0 unspecified atom stereocenters. The molecule has 10 nitrogen and oxygen atoms in total. The van der Waals surface area contributed by atoms with E-state index in [1.54, 1.807) is 17.2 Å². The van der Waals surface area contributed by atoms with E-state index in [-0.39, 0.29) is 18.5 Å². The van der Waals surface area contributed by atoms with Crippen LogP contribution in [0, 0.1) is 6.92 Å². The smallest absolute Gasteiger partial charge is 0.344 e. The molecule has 2 fully saturated rings. The third-order valence-electron chi connectivity index (χ3n) is 6.81. The number of carbonyl (C=O) groups excluding carboxylic acids is 2. The molecule has 2 saturated heterocycles. The highest BCUT2D eigenvalue weighted by Crippen LogP contribution is 2.32. The Morgan fingerprint density at radius 3 is 2.40 bits per heavy atom. The zero-order valence-electron chi connectivity index (χ0n) is 20.4. The second-order valence-corrected chi connectivity index (χ2v) is 9.52. The summed E-state index contributed by atoms with van der Waals surface area (Å²) in [7, 11) is 0. The summed E-state index contributed by atoms with van der Waals surface area (Å²) in [6, 6.07) is 8.09. The summed E-state index contributed by atoms with van der Waals surface area (Å²) >= 11 is 0. The van der Waals surface area contributed by atoms with Gasteiger partial charge in [0, 0.05) is 51.9 Å². The summed E-state index contributed by atoms with van der Waals surface area (Å²) in [5, 5.41) is 15.8. The van der Waals surface area contributed by atoms with Gasteiger partial charge >= 0.3 is 12.0 Å². The van der Waals surface area contributed by atoms with E-state index in [0.717, 1.165) is 45.6 Å². The fraction of sp³-hybridized carbons (Fsp3) is 0.520. The number of amides is 2. The van der Waals surface area contributed by atoms with Crippen molar-refractivity contribution in [3.05, 3.63) is 47.2 Å². The van der Waals surface area contributed by atoms with Crippen LogP contribution < -0.4 is 5.32 Å². The van der Waals surface area contributed by atoms with Gasteiger partial charge in [-0.2, -0.15) is 4.68 Å². The van der Waals surface area contributed by atoms with Crippen LogP contribution in [0.15, 0.2) is 30.5 Å². The molecular weight excluding hydrogens is 448 g/mol. The summed E-state index contributed by atoms with van der Waals surface area (Å²) in [5.74, 6) is -0.184. The number of aromatic nitrogens is 2. The van der Waals surface area contributed by atoms with Crippen molar-refractivity contribution in [3.63, 3.8) is 0 Å². The lowest BCUT2D eigenvalue weighted by atomic mass is 9.85. The van der Waals surface area contributed by atoms with Crippen molar-refractivity contribution in [2.45, 2.75) is 39.2 Å². The highest BCUT2D eigenvalue weighted by Gasteiger charge is 2.26. The van der Waals surface area contributed by atoms with Crippen LogP contribution in [-0.4, -0.2) is 93.3 Å². The van der Waals surface area contributed by atoms with Gasteiger partial charge in [0.05, 0.1) is 6.54 Å². The van der Waals surface area contributed by atoms with Crippen molar-refractivity contribution in [1.29, 1.82) is 0 Å². The zero-order valence-corrected chi connectivity index (χ0v) is 20.4. The number of benzene rings is 1. The minimum atomic E-state index is -0.766. The highest BCUT2D eigenvalue weighted by atomic mass is 16.4. The molecule has 0 saturated carbocycles. The summed E-state index contributed by atoms with van der Waals surface area (Å²) in [5.41, 5.74) is 3.93. The van der Waals surface area contributed by atoms with E-state index >= 15 is 0 Å². The average Bonchev–Trinajstić information content (AvgIpc) is 3.28. The summed E-state index contributed by atoms with van der Waals surface area (Å²) in [6.45, 7) is 8.86. The van der Waals surface area contributed by atoms with Gasteiger partial charge in [-0.3, -0.25) is 19.4 Å². The molecule has 4 rings (SSSR count). The van der Waals surface area contributed by atoms with Gasteiger partial charge in [0.2, 0.25) is 5.91 Å². The molecule has 2 amide bonds. The molecule has 1 aromatic carbocycles. The predicted octanol–water partition coefficient (Wildman–Crippen LogP) is 2.20. The Labute approximate surface area is 205 Å². The van der Waals surface area contributed by atoms with Crippen LogP contribution >= 0.6 is 0 Å². The Hall–Kier alpha value is -3.24. The van der Waals surface area contributed by atoms with Crippen molar-refractivity contribution in [3.8, 4) is 0 Å². The fourth-order valence-electron chi connectivity index (χ4n) is 4.99. The molecule has 0 aliphatic carbocycles. The number of carboxylic acids is 1. The number of likely N-dealkylation sites (tertiary alicyclic amines) is 1. The SMILES string of the molecule is CC(=O)Nc1ccn(C(=O)N2CCN(Cc3ccc(C)cc3C3CCN(CC(=O)O)CC3)CC2)n1. The quantitative estimate of drug-likeness (QED) is 0.649. The molecular formula is C25H34N6O4. The van der Waals surface area contributed by atoms with Crippen LogP contribution in [0.2, 0.25) is 0 Å². The average molecular weight is 483 g/mol. The Kier molecular flexibility index (Phi) is 7.82. The van der Waals surface area contributed by atoms with Crippen LogP contribution in [-0.2, 0) is 16.1 Å². The first kappa shape index (κ1) is 24.9. The number of nitrogens with one attached hydrogen (secondary N) is 1. The van der Waals surface area contributed by atoms with Gasteiger partial charge in [0.1, 0.15) is 0 Å². The van der Waals surface area contributed by atoms with Crippen molar-refractivity contribution in [1.82, 2.24) is 24.5 Å². The maximum absolute atomic E-state index is 12.8. The van der Waals surface area contributed by atoms with Gasteiger partial charge in [0.15, 0.2) is 5.82 Å². The molecule has 10 heteroatoms. The number of piperidine rings is 1. The van der Waals surface area contributed by atoms with Crippen LogP contribution in [0.3, 0.4) is 0 Å². The number of piperazine rings is 1. The lowest BCUT2D eigenvalue weighted by molar-refractivity contribution is -0.138. The van der Waals surface area contributed by atoms with E-state index in [9.17, 15) is 14.4 Å². The molecule has 0 spiro atoms. The Bertz CT molecular complexity index is 1070. The predicted molar refractivity (Wildman–Crippen MR) is 131 cm³/mol. The minimum Gasteiger partial charge on any atom is -0.480 e. The lowest BCUT2D eigenvalue weighted by Crippen LogP contribution is -2.49. The Balaban J connectivity index is 1.34. The summed E-state index contributed by atoms with van der Waals surface area (Å²) in [4.78, 5) is 41.2. The van der Waals surface area contributed by atoms with Crippen LogP contribution in [0.4, 0.5) is 10.6 Å². The first-order chi connectivity index (χ1) is 16.8. The van der Waals surface area contributed by atoms with Crippen molar-refractivity contribution < 1.29 is 19.5 Å². The third kappa shape index (κ3) is 6.46. The largest absolute Gasteiger partial charge is 0.480 e. The van der Waals surface area contributed by atoms with E-state index in [1.807, 2.05) is 4.90 Å². The Morgan fingerprint density at radius 1 is 1.03 bits per heavy atom. The molecule has 1 aromatic heterocycles. The van der Waals surface area contributed by atoms with E-state index in [2.05, 4.69) is 40.4 Å². The molecule has 2 N–H and O–H groups in total.